The van der Waals surface area contributed by atoms with E-state index in [9.17, 15) is 9.59 Å². The van der Waals surface area contributed by atoms with Crippen molar-refractivity contribution in [2.45, 2.75) is 16.5 Å². The van der Waals surface area contributed by atoms with Crippen LogP contribution in [0.25, 0.3) is 5.69 Å². The zero-order chi connectivity index (χ0) is 21.1. The fourth-order valence-corrected chi connectivity index (χ4v) is 5.35. The van der Waals surface area contributed by atoms with Gasteiger partial charge in [0.25, 0.3) is 5.56 Å². The molecule has 8 nitrogen and oxygen atoms in total. The van der Waals surface area contributed by atoms with Crippen LogP contribution >= 0.6 is 34.9 Å². The predicted octanol–water partition coefficient (Wildman–Crippen LogP) is 3.09. The number of rotatable bonds is 7. The molecule has 3 aromatic rings. The predicted molar refractivity (Wildman–Crippen MR) is 119 cm³/mol. The van der Waals surface area contributed by atoms with Crippen LogP contribution in [-0.2, 0) is 11.2 Å². The average Bonchev–Trinajstić information content (AvgIpc) is 3.44. The summed E-state index contributed by atoms with van der Waals surface area (Å²) in [5.74, 6) is 1.79. The Labute approximate surface area is 185 Å². The highest BCUT2D eigenvalue weighted by Gasteiger charge is 2.23. The molecule has 156 valence electrons. The third-order valence-electron chi connectivity index (χ3n) is 4.30. The lowest BCUT2D eigenvalue weighted by Gasteiger charge is -2.15. The van der Waals surface area contributed by atoms with Crippen molar-refractivity contribution >= 4 is 45.9 Å². The van der Waals surface area contributed by atoms with Crippen LogP contribution in [-0.4, -0.2) is 46.2 Å². The number of aromatic nitrogens is 3. The summed E-state index contributed by atoms with van der Waals surface area (Å²) >= 11 is 4.07. The van der Waals surface area contributed by atoms with Crippen molar-refractivity contribution < 1.29 is 14.3 Å². The third kappa shape index (κ3) is 4.18. The zero-order valence-corrected chi connectivity index (χ0v) is 18.7. The zero-order valence-electron chi connectivity index (χ0n) is 16.2. The molecule has 1 amide bonds. The van der Waals surface area contributed by atoms with Crippen LogP contribution in [0.3, 0.4) is 0 Å². The molecule has 0 fully saturated rings. The molecule has 11 heteroatoms. The minimum absolute atomic E-state index is 0.102. The summed E-state index contributed by atoms with van der Waals surface area (Å²) < 4.78 is 12.2. The molecule has 0 saturated heterocycles. The normalized spacial score (nSPS) is 12.5. The molecule has 0 spiro atoms. The van der Waals surface area contributed by atoms with Crippen molar-refractivity contribution in [3.63, 3.8) is 0 Å². The number of aryl methyl sites for hydroxylation is 1. The molecule has 0 aliphatic carbocycles. The van der Waals surface area contributed by atoms with Crippen molar-refractivity contribution in [1.29, 1.82) is 0 Å². The standard InChI is InChI=1S/C19H18N4O4S3/c1-26-13-4-3-11(9-14(13)27-2)23-17(25)16-12(5-7-28-16)21-19(23)30-10-15(24)22-18-20-6-8-29-18/h3-4,6,8-9H,5,7,10H2,1-2H3,(H,20,22,24). The maximum absolute atomic E-state index is 13.2. The molecule has 0 radical (unpaired) electrons. The molecule has 4 rings (SSSR count). The number of nitrogens with one attached hydrogen (secondary N) is 1. The minimum Gasteiger partial charge on any atom is -0.493 e. The minimum atomic E-state index is -0.210. The molecule has 1 aromatic carbocycles. The average molecular weight is 463 g/mol. The number of anilines is 1. The first kappa shape index (κ1) is 20.8. The second-order valence-electron chi connectivity index (χ2n) is 6.12. The van der Waals surface area contributed by atoms with Crippen LogP contribution in [0.5, 0.6) is 11.5 Å². The highest BCUT2D eigenvalue weighted by molar-refractivity contribution is 8.00. The molecular formula is C19H18N4O4S3. The third-order valence-corrected chi connectivity index (χ3v) is 7.04. The first-order valence-electron chi connectivity index (χ1n) is 8.94. The van der Waals surface area contributed by atoms with Crippen LogP contribution in [0, 0.1) is 0 Å². The Morgan fingerprint density at radius 2 is 2.13 bits per heavy atom. The van der Waals surface area contributed by atoms with Gasteiger partial charge in [-0.1, -0.05) is 11.8 Å². The Kier molecular flexibility index (Phi) is 6.30. The van der Waals surface area contributed by atoms with E-state index in [4.69, 9.17) is 14.5 Å². The van der Waals surface area contributed by atoms with Crippen LogP contribution in [0.2, 0.25) is 0 Å². The monoisotopic (exact) mass is 462 g/mol. The van der Waals surface area contributed by atoms with Gasteiger partial charge < -0.3 is 14.8 Å². The number of amides is 1. The van der Waals surface area contributed by atoms with E-state index < -0.39 is 0 Å². The summed E-state index contributed by atoms with van der Waals surface area (Å²) in [4.78, 5) is 35.0. The molecule has 1 aliphatic heterocycles. The van der Waals surface area contributed by atoms with Crippen LogP contribution in [0.4, 0.5) is 5.13 Å². The number of nitrogens with zero attached hydrogens (tertiary/aromatic N) is 3. The molecule has 0 unspecified atom stereocenters. The van der Waals surface area contributed by atoms with Crippen molar-refractivity contribution in [1.82, 2.24) is 14.5 Å². The van der Waals surface area contributed by atoms with Gasteiger partial charge in [0.1, 0.15) is 0 Å². The van der Waals surface area contributed by atoms with Crippen molar-refractivity contribution in [2.75, 3.05) is 31.0 Å². The molecule has 0 bridgehead atoms. The van der Waals surface area contributed by atoms with Gasteiger partial charge in [-0.2, -0.15) is 0 Å². The Bertz CT molecular complexity index is 1130. The van der Waals surface area contributed by atoms with E-state index in [0.717, 1.165) is 17.9 Å². The van der Waals surface area contributed by atoms with Crippen LogP contribution in [0.1, 0.15) is 5.69 Å². The van der Waals surface area contributed by atoms with Gasteiger partial charge in [0.2, 0.25) is 5.91 Å². The number of benzene rings is 1. The number of methoxy groups -OCH3 is 2. The van der Waals surface area contributed by atoms with E-state index in [1.54, 1.807) is 44.0 Å². The van der Waals surface area contributed by atoms with Gasteiger partial charge in [-0.05, 0) is 12.1 Å². The summed E-state index contributed by atoms with van der Waals surface area (Å²) in [5, 5.41) is 5.53. The highest BCUT2D eigenvalue weighted by Crippen LogP contribution is 2.33. The largest absolute Gasteiger partial charge is 0.493 e. The molecule has 0 atom stereocenters. The molecule has 30 heavy (non-hydrogen) atoms. The molecule has 2 aromatic heterocycles. The second kappa shape index (κ2) is 9.11. The topological polar surface area (TPSA) is 95.3 Å². The summed E-state index contributed by atoms with van der Waals surface area (Å²) in [5.41, 5.74) is 1.24. The van der Waals surface area contributed by atoms with Crippen molar-refractivity contribution in [3.8, 4) is 17.2 Å². The van der Waals surface area contributed by atoms with Gasteiger partial charge in [0.05, 0.1) is 36.2 Å². The van der Waals surface area contributed by atoms with Crippen LogP contribution in [0.15, 0.2) is 44.6 Å². The van der Waals surface area contributed by atoms with E-state index in [2.05, 4.69) is 10.3 Å². The second-order valence-corrected chi connectivity index (χ2v) is 9.06. The maximum Gasteiger partial charge on any atom is 0.272 e. The number of thiazole rings is 1. The Balaban J connectivity index is 1.69. The lowest BCUT2D eigenvalue weighted by molar-refractivity contribution is -0.113. The van der Waals surface area contributed by atoms with Gasteiger partial charge >= 0.3 is 0 Å². The summed E-state index contributed by atoms with van der Waals surface area (Å²) in [6.45, 7) is 0. The van der Waals surface area contributed by atoms with Crippen LogP contribution < -0.4 is 20.3 Å². The van der Waals surface area contributed by atoms with E-state index in [1.165, 1.54) is 39.4 Å². The quantitative estimate of drug-likeness (QED) is 0.423. The fraction of sp³-hybridized carbons (Fsp3) is 0.263. The number of carbonyl (C=O) groups excluding carboxylic acids is 1. The number of hydrogen-bond donors (Lipinski definition) is 1. The van der Waals surface area contributed by atoms with Gasteiger partial charge in [0, 0.05) is 29.8 Å². The molecular weight excluding hydrogens is 444 g/mol. The first-order chi connectivity index (χ1) is 14.6. The van der Waals surface area contributed by atoms with E-state index in [0.29, 0.717) is 32.4 Å². The SMILES string of the molecule is COc1ccc(-n2c(SCC(=O)Nc3nccs3)nc3c(c2=O)SCC3)cc1OC. The van der Waals surface area contributed by atoms with Gasteiger partial charge in [-0.3, -0.25) is 14.2 Å². The maximum atomic E-state index is 13.2. The lowest BCUT2D eigenvalue weighted by atomic mass is 10.2. The fourth-order valence-electron chi connectivity index (χ4n) is 2.95. The molecule has 0 saturated carbocycles. The Morgan fingerprint density at radius 3 is 2.87 bits per heavy atom. The van der Waals surface area contributed by atoms with Gasteiger partial charge in [-0.25, -0.2) is 9.97 Å². The van der Waals surface area contributed by atoms with Gasteiger partial charge in [-0.15, -0.1) is 23.1 Å². The summed E-state index contributed by atoms with van der Waals surface area (Å²) in [6, 6.07) is 5.24. The summed E-state index contributed by atoms with van der Waals surface area (Å²) in [6.07, 6.45) is 2.36. The molecule has 1 aliphatic rings. The highest BCUT2D eigenvalue weighted by atomic mass is 32.2. The van der Waals surface area contributed by atoms with E-state index in [1.807, 2.05) is 0 Å². The smallest absolute Gasteiger partial charge is 0.272 e. The number of thioether (sulfide) groups is 2. The Hall–Kier alpha value is -2.50. The molecule has 3 heterocycles. The number of carbonyl (C=O) groups is 1. The first-order valence-corrected chi connectivity index (χ1v) is 11.8. The van der Waals surface area contributed by atoms with E-state index >= 15 is 0 Å². The van der Waals surface area contributed by atoms with Crippen molar-refractivity contribution in [2.24, 2.45) is 0 Å². The van der Waals surface area contributed by atoms with Crippen molar-refractivity contribution in [3.05, 3.63) is 45.8 Å². The van der Waals surface area contributed by atoms with Gasteiger partial charge in [0.15, 0.2) is 21.8 Å². The van der Waals surface area contributed by atoms with E-state index in [-0.39, 0.29) is 17.2 Å². The number of fused-ring (bicyclic) bond motifs is 1. The Morgan fingerprint density at radius 1 is 1.30 bits per heavy atom. The number of ether oxygens (including phenoxy) is 2. The lowest BCUT2D eigenvalue weighted by Crippen LogP contribution is -2.24. The molecule has 1 N–H and O–H groups in total. The number of hydrogen-bond acceptors (Lipinski definition) is 9. The summed E-state index contributed by atoms with van der Waals surface area (Å²) in [7, 11) is 3.10.